The maximum absolute atomic E-state index is 13.3. The number of carbonyl (C=O) groups excluding carboxylic acids is 1. The number of hydrogen-bond acceptors (Lipinski definition) is 4. The Hall–Kier alpha value is -2.23. The first kappa shape index (κ1) is 15.8. The first-order chi connectivity index (χ1) is 9.12. The Morgan fingerprint density at radius 3 is 2.55 bits per heavy atom. The summed E-state index contributed by atoms with van der Waals surface area (Å²) in [6.07, 6.45) is -7.75. The molecule has 20 heavy (non-hydrogen) atoms. The van der Waals surface area contributed by atoms with Crippen LogP contribution in [0.1, 0.15) is 10.4 Å². The SMILES string of the molecule is O=C(NCC(O)C(F)(F)F)c1cc([N+](=O)[O-])ccc1F. The van der Waals surface area contributed by atoms with Crippen molar-refractivity contribution in [2.45, 2.75) is 12.3 Å². The van der Waals surface area contributed by atoms with Crippen molar-refractivity contribution >= 4 is 11.6 Å². The van der Waals surface area contributed by atoms with E-state index in [0.717, 1.165) is 6.07 Å². The Balaban J connectivity index is 2.83. The zero-order valence-electron chi connectivity index (χ0n) is 9.65. The van der Waals surface area contributed by atoms with E-state index >= 15 is 0 Å². The van der Waals surface area contributed by atoms with Crippen molar-refractivity contribution < 1.29 is 32.4 Å². The first-order valence-electron chi connectivity index (χ1n) is 5.10. The number of nitro benzene ring substituents is 1. The van der Waals surface area contributed by atoms with Crippen LogP contribution in [0.3, 0.4) is 0 Å². The summed E-state index contributed by atoms with van der Waals surface area (Å²) in [5, 5.41) is 20.7. The molecule has 2 N–H and O–H groups in total. The van der Waals surface area contributed by atoms with Gasteiger partial charge < -0.3 is 10.4 Å². The Bertz CT molecular complexity index is 532. The summed E-state index contributed by atoms with van der Waals surface area (Å²) in [7, 11) is 0. The van der Waals surface area contributed by atoms with E-state index in [2.05, 4.69) is 0 Å². The summed E-state index contributed by atoms with van der Waals surface area (Å²) < 4.78 is 49.2. The largest absolute Gasteiger partial charge is 0.416 e. The number of non-ortho nitro benzene ring substituents is 1. The summed E-state index contributed by atoms with van der Waals surface area (Å²) in [5.74, 6) is -2.43. The van der Waals surface area contributed by atoms with Crippen molar-refractivity contribution in [3.8, 4) is 0 Å². The van der Waals surface area contributed by atoms with E-state index in [1.54, 1.807) is 5.32 Å². The molecule has 0 saturated carbocycles. The number of hydrogen-bond donors (Lipinski definition) is 2. The van der Waals surface area contributed by atoms with Crippen LogP contribution in [0.4, 0.5) is 23.2 Å². The maximum atomic E-state index is 13.3. The molecule has 0 aliphatic rings. The van der Waals surface area contributed by atoms with E-state index in [4.69, 9.17) is 5.11 Å². The molecule has 0 bridgehead atoms. The molecule has 110 valence electrons. The Morgan fingerprint density at radius 2 is 2.05 bits per heavy atom. The lowest BCUT2D eigenvalue weighted by Crippen LogP contribution is -2.40. The molecule has 0 saturated heterocycles. The normalized spacial score (nSPS) is 12.8. The average Bonchev–Trinajstić information content (AvgIpc) is 2.34. The predicted molar refractivity (Wildman–Crippen MR) is 57.4 cm³/mol. The number of carbonyl (C=O) groups is 1. The van der Waals surface area contributed by atoms with Crippen LogP contribution in [0.2, 0.25) is 0 Å². The molecule has 0 heterocycles. The third-order valence-corrected chi connectivity index (χ3v) is 2.24. The lowest BCUT2D eigenvalue weighted by atomic mass is 10.1. The number of aliphatic hydroxyl groups excluding tert-OH is 1. The van der Waals surface area contributed by atoms with Crippen molar-refractivity contribution in [1.29, 1.82) is 0 Å². The summed E-state index contributed by atoms with van der Waals surface area (Å²) in [6.45, 7) is -1.19. The predicted octanol–water partition coefficient (Wildman–Crippen LogP) is 1.39. The second-order valence-corrected chi connectivity index (χ2v) is 3.69. The molecule has 0 aliphatic heterocycles. The third-order valence-electron chi connectivity index (χ3n) is 2.24. The molecule has 10 heteroatoms. The highest BCUT2D eigenvalue weighted by atomic mass is 19.4. The van der Waals surface area contributed by atoms with Gasteiger partial charge in [0.25, 0.3) is 11.6 Å². The fraction of sp³-hybridized carbons (Fsp3) is 0.300. The minimum absolute atomic E-state index is 0.588. The van der Waals surface area contributed by atoms with Gasteiger partial charge in [-0.05, 0) is 6.07 Å². The summed E-state index contributed by atoms with van der Waals surface area (Å²) in [6, 6.07) is 2.04. The molecule has 0 radical (unpaired) electrons. The second kappa shape index (κ2) is 5.82. The van der Waals surface area contributed by atoms with Crippen LogP contribution in [0.25, 0.3) is 0 Å². The number of halogens is 4. The van der Waals surface area contributed by atoms with Gasteiger partial charge in [0.15, 0.2) is 6.10 Å². The van der Waals surface area contributed by atoms with Crippen molar-refractivity contribution in [2.24, 2.45) is 0 Å². The van der Waals surface area contributed by atoms with E-state index in [-0.39, 0.29) is 0 Å². The molecule has 1 atom stereocenters. The van der Waals surface area contributed by atoms with Crippen LogP contribution in [0.15, 0.2) is 18.2 Å². The van der Waals surface area contributed by atoms with Crippen molar-refractivity contribution in [3.05, 3.63) is 39.7 Å². The summed E-state index contributed by atoms with van der Waals surface area (Å²) >= 11 is 0. The fourth-order valence-corrected chi connectivity index (χ4v) is 1.20. The topological polar surface area (TPSA) is 92.5 Å². The minimum atomic E-state index is -4.94. The summed E-state index contributed by atoms with van der Waals surface area (Å²) in [5.41, 5.74) is -1.37. The van der Waals surface area contributed by atoms with Gasteiger partial charge in [-0.2, -0.15) is 13.2 Å². The number of nitrogens with one attached hydrogen (secondary N) is 1. The van der Waals surface area contributed by atoms with Gasteiger partial charge in [-0.25, -0.2) is 4.39 Å². The van der Waals surface area contributed by atoms with E-state index in [9.17, 15) is 32.5 Å². The van der Waals surface area contributed by atoms with Crippen molar-refractivity contribution in [2.75, 3.05) is 6.54 Å². The van der Waals surface area contributed by atoms with Gasteiger partial charge in [0.2, 0.25) is 0 Å². The van der Waals surface area contributed by atoms with Crippen LogP contribution in [0, 0.1) is 15.9 Å². The molecular formula is C10H8F4N2O4. The highest BCUT2D eigenvalue weighted by Gasteiger charge is 2.38. The molecule has 6 nitrogen and oxygen atoms in total. The molecule has 0 aromatic heterocycles. The first-order valence-corrected chi connectivity index (χ1v) is 5.10. The zero-order valence-corrected chi connectivity index (χ0v) is 9.65. The highest BCUT2D eigenvalue weighted by Crippen LogP contribution is 2.20. The lowest BCUT2D eigenvalue weighted by Gasteiger charge is -2.15. The number of amides is 1. The van der Waals surface area contributed by atoms with E-state index in [1.807, 2.05) is 0 Å². The van der Waals surface area contributed by atoms with Crippen molar-refractivity contribution in [3.63, 3.8) is 0 Å². The van der Waals surface area contributed by atoms with Gasteiger partial charge in [-0.3, -0.25) is 14.9 Å². The van der Waals surface area contributed by atoms with Crippen LogP contribution >= 0.6 is 0 Å². The molecule has 1 aromatic rings. The van der Waals surface area contributed by atoms with Gasteiger partial charge in [0.05, 0.1) is 17.0 Å². The number of alkyl halides is 3. The molecule has 0 fully saturated rings. The van der Waals surface area contributed by atoms with Gasteiger partial charge in [-0.1, -0.05) is 0 Å². The van der Waals surface area contributed by atoms with Gasteiger partial charge >= 0.3 is 6.18 Å². The van der Waals surface area contributed by atoms with Crippen molar-refractivity contribution in [1.82, 2.24) is 5.32 Å². The van der Waals surface area contributed by atoms with Gasteiger partial charge in [0.1, 0.15) is 5.82 Å². The molecule has 1 aromatic carbocycles. The molecule has 1 unspecified atom stereocenters. The van der Waals surface area contributed by atoms with E-state index < -0.39 is 46.7 Å². The van der Waals surface area contributed by atoms with Crippen LogP contribution < -0.4 is 5.32 Å². The van der Waals surface area contributed by atoms with Gasteiger partial charge in [0, 0.05) is 12.1 Å². The molecule has 0 aliphatic carbocycles. The number of rotatable bonds is 4. The third kappa shape index (κ3) is 3.88. The Kier molecular flexibility index (Phi) is 4.61. The number of nitro groups is 1. The molecular weight excluding hydrogens is 288 g/mol. The highest BCUT2D eigenvalue weighted by molar-refractivity contribution is 5.95. The van der Waals surface area contributed by atoms with E-state index in [1.165, 1.54) is 0 Å². The molecule has 1 amide bonds. The lowest BCUT2D eigenvalue weighted by molar-refractivity contribution is -0.384. The second-order valence-electron chi connectivity index (χ2n) is 3.69. The quantitative estimate of drug-likeness (QED) is 0.499. The smallest absolute Gasteiger partial charge is 0.382 e. The average molecular weight is 296 g/mol. The number of aliphatic hydroxyl groups is 1. The van der Waals surface area contributed by atoms with Crippen LogP contribution in [-0.4, -0.2) is 34.8 Å². The number of benzene rings is 1. The monoisotopic (exact) mass is 296 g/mol. The fourth-order valence-electron chi connectivity index (χ4n) is 1.20. The van der Waals surface area contributed by atoms with Crippen LogP contribution in [-0.2, 0) is 0 Å². The van der Waals surface area contributed by atoms with Gasteiger partial charge in [-0.15, -0.1) is 0 Å². The summed E-state index contributed by atoms with van der Waals surface area (Å²) in [4.78, 5) is 21.0. The minimum Gasteiger partial charge on any atom is -0.382 e. The number of nitrogens with zero attached hydrogens (tertiary/aromatic N) is 1. The Morgan fingerprint density at radius 1 is 1.45 bits per heavy atom. The van der Waals surface area contributed by atoms with Crippen LogP contribution in [0.5, 0.6) is 0 Å². The molecule has 1 rings (SSSR count). The Labute approximate surface area is 109 Å². The molecule has 0 spiro atoms. The zero-order chi connectivity index (χ0) is 15.5. The van der Waals surface area contributed by atoms with E-state index in [0.29, 0.717) is 12.1 Å². The standard InChI is InChI=1S/C10H8F4N2O4/c11-7-2-1-5(16(19)20)3-6(7)9(18)15-4-8(17)10(12,13)14/h1-3,8,17H,4H2,(H,15,18). The maximum Gasteiger partial charge on any atom is 0.416 e.